The van der Waals surface area contributed by atoms with Crippen molar-refractivity contribution in [3.63, 3.8) is 0 Å². The Morgan fingerprint density at radius 3 is 1.33 bits per heavy atom. The maximum Gasteiger partial charge on any atom is -0.147 e. The number of allylic oxidation sites excluding steroid dienone is 8. The topological polar surface area (TPSA) is 0 Å². The molecule has 0 amide bonds. The molecule has 2 unspecified atom stereocenters. The second kappa shape index (κ2) is 12.5. The summed E-state index contributed by atoms with van der Waals surface area (Å²) in [5.41, 5.74) is 8.59. The molecule has 5 aromatic carbocycles. The third-order valence-electron chi connectivity index (χ3n) is 10.5. The van der Waals surface area contributed by atoms with Crippen molar-refractivity contribution < 1.29 is 17.4 Å². The Kier molecular flexibility index (Phi) is 9.31. The van der Waals surface area contributed by atoms with E-state index in [9.17, 15) is 0 Å². The van der Waals surface area contributed by atoms with E-state index >= 15 is 0 Å². The van der Waals surface area contributed by atoms with E-state index in [1.807, 2.05) is 0 Å². The Morgan fingerprint density at radius 2 is 0.889 bits per heavy atom. The molecule has 0 aromatic heterocycles. The van der Waals surface area contributed by atoms with Gasteiger partial charge < -0.3 is 0 Å². The average molecular weight is 725 g/mol. The van der Waals surface area contributed by atoms with E-state index in [4.69, 9.17) is 0 Å². The Bertz CT molecular complexity index is 2010. The molecule has 4 heteroatoms. The molecule has 7 rings (SSSR count). The maximum absolute atomic E-state index is 4.11. The van der Waals surface area contributed by atoms with Crippen LogP contribution >= 0.6 is 24.8 Å². The molecule has 5 aromatic rings. The molecule has 0 bridgehead atoms. The van der Waals surface area contributed by atoms with Gasteiger partial charge in [-0.2, -0.15) is 0 Å². The van der Waals surface area contributed by atoms with E-state index in [2.05, 4.69) is 167 Å². The monoisotopic (exact) mass is 722 g/mol. The summed E-state index contributed by atoms with van der Waals surface area (Å²) in [6, 6.07) is 42.9. The van der Waals surface area contributed by atoms with E-state index in [-0.39, 0.29) is 24.8 Å². The number of halogens is 2. The van der Waals surface area contributed by atoms with Gasteiger partial charge in [-0.3, -0.25) is 0 Å². The summed E-state index contributed by atoms with van der Waals surface area (Å²) in [5, 5.41) is 5.31. The van der Waals surface area contributed by atoms with Gasteiger partial charge in [0.05, 0.1) is 0 Å². The number of rotatable bonds is 5. The molecule has 2 aliphatic carbocycles. The van der Waals surface area contributed by atoms with Crippen LogP contribution in [-0.2, 0) is 17.4 Å². The molecule has 0 fully saturated rings. The van der Waals surface area contributed by atoms with E-state index in [1.54, 1.807) is 9.83 Å². The van der Waals surface area contributed by atoms with E-state index in [1.165, 1.54) is 55.0 Å². The first kappa shape index (κ1) is 33.6. The number of fused-ring (bicyclic) bond motifs is 2. The summed E-state index contributed by atoms with van der Waals surface area (Å²) in [6.07, 6.45) is 5.16. The van der Waals surface area contributed by atoms with Crippen molar-refractivity contribution in [1.82, 2.24) is 0 Å². The van der Waals surface area contributed by atoms with Crippen LogP contribution in [0.4, 0.5) is 0 Å². The molecular formula is C41H42Cl2SiZr. The minimum Gasteiger partial charge on any atom is -0.147 e. The van der Waals surface area contributed by atoms with Gasteiger partial charge in [0, 0.05) is 0 Å². The molecule has 45 heavy (non-hydrogen) atoms. The van der Waals surface area contributed by atoms with Crippen LogP contribution in [0, 0.1) is 11.8 Å². The SMILES string of the molecule is CC1=[C]([Zr]([CH3])(=[SiH2])([C]2=C(C)C(c3cccc4ccccc34)=CC2C)[c]2ccccc2)C(C)C=C1c1cccc2ccccc12.Cl.Cl. The normalized spacial score (nSPS) is 18.5. The molecule has 0 heterocycles. The third kappa shape index (κ3) is 5.14. The molecule has 0 nitrogen and oxygen atoms in total. The fraction of sp³-hybridized carbons (Fsp3) is 0.171. The minimum absolute atomic E-state index is 0. The Morgan fingerprint density at radius 1 is 0.511 bits per heavy atom. The first-order valence-electron chi connectivity index (χ1n) is 15.6. The van der Waals surface area contributed by atoms with Crippen LogP contribution in [0.1, 0.15) is 38.8 Å². The predicted octanol–water partition coefficient (Wildman–Crippen LogP) is 10.8. The standard InChI is InChI=1S/2C17H15.C6H5.CH3.2ClH.H2Si.Zr/c2*1-12-10-13(2)17(11-12)16-9-5-7-14-6-3-4-8-15(14)16;1-2-4-6-5-3-1;;;;;/h2*3-9,11-12H,1-2H3;1-5H;1H3;2*1H;1H2;. The Balaban J connectivity index is 0.00000200. The summed E-state index contributed by atoms with van der Waals surface area (Å²) in [4.78, 5) is 0. The summed E-state index contributed by atoms with van der Waals surface area (Å²) >= 11 is -4.11. The second-order valence-corrected chi connectivity index (χ2v) is 37.6. The van der Waals surface area contributed by atoms with Crippen LogP contribution in [0.2, 0.25) is 4.63 Å². The van der Waals surface area contributed by atoms with Crippen molar-refractivity contribution in [2.45, 2.75) is 32.3 Å². The van der Waals surface area contributed by atoms with Crippen molar-refractivity contribution >= 4 is 67.7 Å². The van der Waals surface area contributed by atoms with Crippen LogP contribution in [-0.4, -0.2) is 6.88 Å². The first-order valence-corrected chi connectivity index (χ1v) is 27.7. The smallest absolute Gasteiger partial charge is 0.147 e. The van der Waals surface area contributed by atoms with Crippen LogP contribution in [0.5, 0.6) is 0 Å². The second-order valence-electron chi connectivity index (χ2n) is 13.2. The molecule has 2 aliphatic rings. The first-order chi connectivity index (χ1) is 20.7. The zero-order valence-electron chi connectivity index (χ0n) is 26.8. The third-order valence-corrected chi connectivity index (χ3v) is 33.4. The molecule has 228 valence electrons. The zero-order valence-corrected chi connectivity index (χ0v) is 32.3. The molecular weight excluding hydrogens is 683 g/mol. The van der Waals surface area contributed by atoms with Gasteiger partial charge in [-0.25, -0.2) is 0 Å². The van der Waals surface area contributed by atoms with Crippen molar-refractivity contribution in [3.8, 4) is 0 Å². The Labute approximate surface area is 283 Å². The van der Waals surface area contributed by atoms with Crippen LogP contribution < -0.4 is 3.27 Å². The quantitative estimate of drug-likeness (QED) is 0.158. The van der Waals surface area contributed by atoms with Crippen molar-refractivity contribution in [2.24, 2.45) is 11.8 Å². The maximum atomic E-state index is 2.74. The number of hydrogen-bond donors (Lipinski definition) is 0. The summed E-state index contributed by atoms with van der Waals surface area (Å²) in [7, 11) is 0. The van der Waals surface area contributed by atoms with Crippen molar-refractivity contribution in [2.75, 3.05) is 0 Å². The zero-order chi connectivity index (χ0) is 30.0. The largest absolute Gasteiger partial charge is 0.147 e. The number of hydrogen-bond acceptors (Lipinski definition) is 0. The summed E-state index contributed by atoms with van der Waals surface area (Å²) in [5.74, 6) is 0.771. The van der Waals surface area contributed by atoms with E-state index in [0.717, 1.165) is 0 Å². The van der Waals surface area contributed by atoms with Gasteiger partial charge in [0.25, 0.3) is 0 Å². The van der Waals surface area contributed by atoms with Gasteiger partial charge >= 0.3 is 261 Å². The van der Waals surface area contributed by atoms with Crippen molar-refractivity contribution in [1.29, 1.82) is 0 Å². The minimum atomic E-state index is -4.11. The van der Waals surface area contributed by atoms with E-state index in [0.29, 0.717) is 11.8 Å². The molecule has 0 aliphatic heterocycles. The fourth-order valence-corrected chi connectivity index (χ4v) is 34.4. The average Bonchev–Trinajstić information content (AvgIpc) is 3.51. The van der Waals surface area contributed by atoms with Crippen LogP contribution in [0.3, 0.4) is 0 Å². The van der Waals surface area contributed by atoms with Gasteiger partial charge in [0.15, 0.2) is 0 Å². The van der Waals surface area contributed by atoms with Gasteiger partial charge in [-0.1, -0.05) is 0 Å². The van der Waals surface area contributed by atoms with Gasteiger partial charge in [0.1, 0.15) is 0 Å². The van der Waals surface area contributed by atoms with Gasteiger partial charge in [-0.15, -0.1) is 24.8 Å². The molecule has 0 spiro atoms. The van der Waals surface area contributed by atoms with Crippen LogP contribution in [0.15, 0.2) is 145 Å². The predicted molar refractivity (Wildman–Crippen MR) is 203 cm³/mol. The molecule has 0 N–H and O–H groups in total. The number of benzene rings is 5. The molecule has 0 radical (unpaired) electrons. The summed E-state index contributed by atoms with van der Waals surface area (Å²) in [6.45, 7) is 12.2. The fourth-order valence-electron chi connectivity index (χ4n) is 8.99. The molecule has 2 atom stereocenters. The Hall–Kier alpha value is -2.74. The van der Waals surface area contributed by atoms with E-state index < -0.39 is 17.4 Å². The van der Waals surface area contributed by atoms with Crippen LogP contribution in [0.25, 0.3) is 32.7 Å². The molecule has 0 saturated carbocycles. The van der Waals surface area contributed by atoms with Gasteiger partial charge in [-0.05, 0) is 0 Å². The van der Waals surface area contributed by atoms with Gasteiger partial charge in [0.2, 0.25) is 0 Å². The van der Waals surface area contributed by atoms with Crippen molar-refractivity contribution in [3.05, 3.63) is 156 Å². The summed E-state index contributed by atoms with van der Waals surface area (Å²) < 4.78 is 7.76. The molecule has 0 saturated heterocycles.